The Kier molecular flexibility index (Phi) is 4.87. The van der Waals surface area contributed by atoms with Crippen molar-refractivity contribution in [2.75, 3.05) is 44.5 Å². The normalized spacial score (nSPS) is 11.0. The number of hydrogen-bond acceptors (Lipinski definition) is 7. The predicted molar refractivity (Wildman–Crippen MR) is 71.9 cm³/mol. The lowest BCUT2D eigenvalue weighted by Gasteiger charge is -2.07. The van der Waals surface area contributed by atoms with Crippen LogP contribution >= 0.6 is 0 Å². The van der Waals surface area contributed by atoms with Crippen molar-refractivity contribution in [2.45, 2.75) is 6.42 Å². The summed E-state index contributed by atoms with van der Waals surface area (Å²) in [6.45, 7) is 2.63. The van der Waals surface area contributed by atoms with E-state index < -0.39 is 0 Å². The number of nitrogens with zero attached hydrogens (tertiary/aromatic N) is 3. The first-order valence-electron chi connectivity index (χ1n) is 6.08. The van der Waals surface area contributed by atoms with Crippen LogP contribution in [0, 0.1) is 0 Å². The van der Waals surface area contributed by atoms with Crippen LogP contribution in [-0.2, 0) is 9.47 Å². The number of H-pyrrole nitrogens is 1. The molecule has 104 valence electrons. The minimum atomic E-state index is 0.207. The largest absolute Gasteiger partial charge is 0.382 e. The number of aromatic nitrogens is 4. The van der Waals surface area contributed by atoms with Gasteiger partial charge in [-0.05, 0) is 6.42 Å². The monoisotopic (exact) mass is 266 g/mol. The van der Waals surface area contributed by atoms with E-state index in [-0.39, 0.29) is 5.95 Å². The minimum absolute atomic E-state index is 0.207. The van der Waals surface area contributed by atoms with E-state index in [2.05, 4.69) is 25.3 Å². The second-order valence-electron chi connectivity index (χ2n) is 3.92. The Hall–Kier alpha value is -1.93. The summed E-state index contributed by atoms with van der Waals surface area (Å²) in [5, 5.41) is 3.19. The molecular formula is C11H18N6O2. The summed E-state index contributed by atoms with van der Waals surface area (Å²) < 4.78 is 10.3. The molecule has 0 atom stereocenters. The van der Waals surface area contributed by atoms with Gasteiger partial charge in [-0.3, -0.25) is 0 Å². The summed E-state index contributed by atoms with van der Waals surface area (Å²) >= 11 is 0. The molecule has 2 rings (SSSR count). The Morgan fingerprint density at radius 1 is 1.32 bits per heavy atom. The summed E-state index contributed by atoms with van der Waals surface area (Å²) in [4.78, 5) is 15.2. The summed E-state index contributed by atoms with van der Waals surface area (Å²) in [6, 6.07) is 0. The molecular weight excluding hydrogens is 248 g/mol. The molecule has 0 spiro atoms. The van der Waals surface area contributed by atoms with Crippen molar-refractivity contribution in [3.63, 3.8) is 0 Å². The van der Waals surface area contributed by atoms with Crippen molar-refractivity contribution in [3.8, 4) is 0 Å². The van der Waals surface area contributed by atoms with E-state index >= 15 is 0 Å². The number of methoxy groups -OCH3 is 1. The molecule has 2 heterocycles. The summed E-state index contributed by atoms with van der Waals surface area (Å²) in [5.74, 6) is 0.871. The predicted octanol–water partition coefficient (Wildman–Crippen LogP) is 0.400. The van der Waals surface area contributed by atoms with Crippen molar-refractivity contribution in [2.24, 2.45) is 0 Å². The van der Waals surface area contributed by atoms with Gasteiger partial charge in [-0.15, -0.1) is 0 Å². The van der Waals surface area contributed by atoms with Gasteiger partial charge >= 0.3 is 0 Å². The Morgan fingerprint density at radius 2 is 2.21 bits per heavy atom. The maximum absolute atomic E-state index is 5.61. The molecule has 8 heteroatoms. The molecule has 0 saturated carbocycles. The first-order chi connectivity index (χ1) is 9.31. The van der Waals surface area contributed by atoms with Gasteiger partial charge in [0.25, 0.3) is 0 Å². The highest BCUT2D eigenvalue weighted by Crippen LogP contribution is 2.16. The maximum Gasteiger partial charge on any atom is 0.224 e. The SMILES string of the molecule is COCCOCCCNc1nc(N)nc2nc[nH]c12. The fraction of sp³-hybridized carbons (Fsp3) is 0.545. The number of imidazole rings is 1. The highest BCUT2D eigenvalue weighted by molar-refractivity contribution is 5.83. The van der Waals surface area contributed by atoms with Crippen LogP contribution in [0.2, 0.25) is 0 Å². The lowest BCUT2D eigenvalue weighted by atomic mass is 10.4. The van der Waals surface area contributed by atoms with E-state index in [1.54, 1.807) is 13.4 Å². The third-order valence-electron chi connectivity index (χ3n) is 2.49. The fourth-order valence-electron chi connectivity index (χ4n) is 1.60. The lowest BCUT2D eigenvalue weighted by molar-refractivity contribution is 0.0705. The molecule has 0 saturated heterocycles. The second-order valence-corrected chi connectivity index (χ2v) is 3.92. The van der Waals surface area contributed by atoms with Gasteiger partial charge in [0.15, 0.2) is 11.5 Å². The molecule has 0 aliphatic heterocycles. The minimum Gasteiger partial charge on any atom is -0.382 e. The van der Waals surface area contributed by atoms with Crippen molar-refractivity contribution in [1.29, 1.82) is 0 Å². The third-order valence-corrected chi connectivity index (χ3v) is 2.49. The van der Waals surface area contributed by atoms with Gasteiger partial charge in [0.05, 0.1) is 19.5 Å². The van der Waals surface area contributed by atoms with Gasteiger partial charge < -0.3 is 25.5 Å². The highest BCUT2D eigenvalue weighted by Gasteiger charge is 2.07. The number of anilines is 2. The van der Waals surface area contributed by atoms with E-state index in [9.17, 15) is 0 Å². The molecule has 2 aromatic heterocycles. The Morgan fingerprint density at radius 3 is 3.05 bits per heavy atom. The van der Waals surface area contributed by atoms with E-state index in [1.807, 2.05) is 0 Å². The van der Waals surface area contributed by atoms with Crippen molar-refractivity contribution < 1.29 is 9.47 Å². The number of fused-ring (bicyclic) bond motifs is 1. The van der Waals surface area contributed by atoms with Crippen LogP contribution in [0.5, 0.6) is 0 Å². The molecule has 2 aromatic rings. The Balaban J connectivity index is 1.79. The van der Waals surface area contributed by atoms with Gasteiger partial charge in [0, 0.05) is 20.3 Å². The molecule has 8 nitrogen and oxygen atoms in total. The van der Waals surface area contributed by atoms with Crippen LogP contribution in [0.15, 0.2) is 6.33 Å². The number of nitrogens with two attached hydrogens (primary N) is 1. The number of nitrogen functional groups attached to an aromatic ring is 1. The zero-order valence-electron chi connectivity index (χ0n) is 10.8. The topological polar surface area (TPSA) is 111 Å². The number of hydrogen-bond donors (Lipinski definition) is 3. The highest BCUT2D eigenvalue weighted by atomic mass is 16.5. The fourth-order valence-corrected chi connectivity index (χ4v) is 1.60. The first kappa shape index (κ1) is 13.5. The number of rotatable bonds is 8. The number of aromatic amines is 1. The Bertz CT molecular complexity index is 515. The number of ether oxygens (including phenoxy) is 2. The number of nitrogens with one attached hydrogen (secondary N) is 2. The molecule has 0 aliphatic carbocycles. The summed E-state index contributed by atoms with van der Waals surface area (Å²) in [6.07, 6.45) is 2.43. The standard InChI is InChI=1S/C11H18N6O2/c1-18-5-6-19-4-2-3-13-9-8-10(15-7-14-8)17-11(12)16-9/h7H,2-6H2,1H3,(H4,12,13,14,15,16,17). The van der Waals surface area contributed by atoms with Gasteiger partial charge in [-0.2, -0.15) is 9.97 Å². The van der Waals surface area contributed by atoms with Gasteiger partial charge in [0.2, 0.25) is 5.95 Å². The van der Waals surface area contributed by atoms with Crippen LogP contribution in [0.1, 0.15) is 6.42 Å². The lowest BCUT2D eigenvalue weighted by Crippen LogP contribution is -2.10. The molecule has 0 radical (unpaired) electrons. The van der Waals surface area contributed by atoms with Crippen LogP contribution in [0.3, 0.4) is 0 Å². The molecule has 4 N–H and O–H groups in total. The van der Waals surface area contributed by atoms with E-state index in [0.29, 0.717) is 31.3 Å². The first-order valence-corrected chi connectivity index (χ1v) is 6.08. The average Bonchev–Trinajstić information content (AvgIpc) is 2.85. The van der Waals surface area contributed by atoms with Crippen LogP contribution < -0.4 is 11.1 Å². The molecule has 0 aromatic carbocycles. The molecule has 0 unspecified atom stereocenters. The molecule has 0 amide bonds. The smallest absolute Gasteiger partial charge is 0.224 e. The zero-order chi connectivity index (χ0) is 13.5. The average molecular weight is 266 g/mol. The molecule has 0 fully saturated rings. The second kappa shape index (κ2) is 6.86. The van der Waals surface area contributed by atoms with Crippen molar-refractivity contribution >= 4 is 22.9 Å². The van der Waals surface area contributed by atoms with Crippen molar-refractivity contribution in [1.82, 2.24) is 19.9 Å². The quantitative estimate of drug-likeness (QED) is 0.593. The summed E-state index contributed by atoms with van der Waals surface area (Å²) in [7, 11) is 1.65. The van der Waals surface area contributed by atoms with Gasteiger partial charge in [-0.25, -0.2) is 4.98 Å². The maximum atomic E-state index is 5.61. The Labute approximate surface area is 110 Å². The molecule has 0 bridgehead atoms. The van der Waals surface area contributed by atoms with Crippen LogP contribution in [-0.4, -0.2) is 53.4 Å². The van der Waals surface area contributed by atoms with E-state index in [1.165, 1.54) is 0 Å². The van der Waals surface area contributed by atoms with E-state index in [0.717, 1.165) is 18.5 Å². The van der Waals surface area contributed by atoms with Crippen LogP contribution in [0.25, 0.3) is 11.2 Å². The van der Waals surface area contributed by atoms with Gasteiger partial charge in [0.1, 0.15) is 5.52 Å². The summed E-state index contributed by atoms with van der Waals surface area (Å²) in [5.41, 5.74) is 6.93. The van der Waals surface area contributed by atoms with E-state index in [4.69, 9.17) is 15.2 Å². The third kappa shape index (κ3) is 3.76. The van der Waals surface area contributed by atoms with Crippen molar-refractivity contribution in [3.05, 3.63) is 6.33 Å². The molecule has 19 heavy (non-hydrogen) atoms. The van der Waals surface area contributed by atoms with Crippen LogP contribution in [0.4, 0.5) is 11.8 Å². The van der Waals surface area contributed by atoms with Gasteiger partial charge in [-0.1, -0.05) is 0 Å². The zero-order valence-corrected chi connectivity index (χ0v) is 10.8. The molecule has 0 aliphatic rings.